The van der Waals surface area contributed by atoms with E-state index < -0.39 is 0 Å². The molecule has 13 heavy (non-hydrogen) atoms. The maximum Gasteiger partial charge on any atom is 0.338 e. The van der Waals surface area contributed by atoms with Gasteiger partial charge in [0.05, 0.1) is 12.7 Å². The summed E-state index contributed by atoms with van der Waals surface area (Å²) in [5.74, 6) is -0.233. The summed E-state index contributed by atoms with van der Waals surface area (Å²) in [6.07, 6.45) is 2.04. The van der Waals surface area contributed by atoms with Gasteiger partial charge < -0.3 is 4.74 Å². The molecular formula is C10H9BrO2. The number of halogens is 1. The number of hydrogen-bond acceptors (Lipinski definition) is 2. The van der Waals surface area contributed by atoms with Crippen LogP contribution in [0.1, 0.15) is 21.5 Å². The van der Waals surface area contributed by atoms with Crippen LogP contribution in [0.25, 0.3) is 0 Å². The Morgan fingerprint density at radius 2 is 2.08 bits per heavy atom. The third-order valence-electron chi connectivity index (χ3n) is 2.40. The van der Waals surface area contributed by atoms with Gasteiger partial charge in [0, 0.05) is 4.47 Å². The number of carbonyl (C=O) groups is 1. The van der Waals surface area contributed by atoms with Crippen molar-refractivity contribution in [3.05, 3.63) is 33.3 Å². The van der Waals surface area contributed by atoms with E-state index in [0.29, 0.717) is 5.56 Å². The van der Waals surface area contributed by atoms with Crippen LogP contribution in [0.4, 0.5) is 0 Å². The van der Waals surface area contributed by atoms with Crippen molar-refractivity contribution in [3.8, 4) is 0 Å². The fourth-order valence-electron chi connectivity index (χ4n) is 1.59. The topological polar surface area (TPSA) is 26.3 Å². The molecule has 0 spiro atoms. The lowest BCUT2D eigenvalue weighted by atomic mass is 9.85. The summed E-state index contributed by atoms with van der Waals surface area (Å²) < 4.78 is 5.79. The van der Waals surface area contributed by atoms with E-state index in [-0.39, 0.29) is 5.97 Å². The number of hydrogen-bond donors (Lipinski definition) is 0. The standard InChI is InChI=1S/C10H9BrO2/c1-13-10(12)8-4-5-9(11)7-3-2-6(7)8/h4-5H,2-3H2,1H3. The molecule has 0 bridgehead atoms. The molecule has 1 aliphatic carbocycles. The zero-order chi connectivity index (χ0) is 9.42. The smallest absolute Gasteiger partial charge is 0.338 e. The van der Waals surface area contributed by atoms with E-state index in [4.69, 9.17) is 4.74 Å². The zero-order valence-electron chi connectivity index (χ0n) is 7.26. The second kappa shape index (κ2) is 3.14. The third kappa shape index (κ3) is 1.27. The lowest BCUT2D eigenvalue weighted by Gasteiger charge is -2.22. The summed E-state index contributed by atoms with van der Waals surface area (Å²) in [4.78, 5) is 11.3. The van der Waals surface area contributed by atoms with Crippen LogP contribution < -0.4 is 0 Å². The quantitative estimate of drug-likeness (QED) is 0.705. The molecule has 0 atom stereocenters. The van der Waals surface area contributed by atoms with Crippen molar-refractivity contribution in [2.24, 2.45) is 0 Å². The van der Waals surface area contributed by atoms with Crippen LogP contribution in [0.3, 0.4) is 0 Å². The van der Waals surface area contributed by atoms with E-state index in [0.717, 1.165) is 22.9 Å². The summed E-state index contributed by atoms with van der Waals surface area (Å²) in [5.41, 5.74) is 3.11. The van der Waals surface area contributed by atoms with Crippen LogP contribution in [0.5, 0.6) is 0 Å². The Morgan fingerprint density at radius 1 is 1.38 bits per heavy atom. The van der Waals surface area contributed by atoms with E-state index in [1.54, 1.807) is 0 Å². The predicted molar refractivity (Wildman–Crippen MR) is 52.9 cm³/mol. The minimum absolute atomic E-state index is 0.233. The minimum Gasteiger partial charge on any atom is -0.465 e. The molecule has 0 aromatic heterocycles. The highest BCUT2D eigenvalue weighted by Gasteiger charge is 2.23. The second-order valence-corrected chi connectivity index (χ2v) is 3.90. The first-order valence-corrected chi connectivity index (χ1v) is 4.92. The lowest BCUT2D eigenvalue weighted by Crippen LogP contribution is -2.16. The molecule has 2 rings (SSSR count). The summed E-state index contributed by atoms with van der Waals surface area (Å²) in [5, 5.41) is 0. The Bertz CT molecular complexity index is 371. The van der Waals surface area contributed by atoms with Gasteiger partial charge in [-0.05, 0) is 36.1 Å². The van der Waals surface area contributed by atoms with Crippen molar-refractivity contribution < 1.29 is 9.53 Å². The fraction of sp³-hybridized carbons (Fsp3) is 0.300. The number of rotatable bonds is 1. The number of esters is 1. The van der Waals surface area contributed by atoms with Crippen molar-refractivity contribution in [3.63, 3.8) is 0 Å². The summed E-state index contributed by atoms with van der Waals surface area (Å²) in [7, 11) is 1.41. The van der Waals surface area contributed by atoms with Crippen molar-refractivity contribution in [2.75, 3.05) is 7.11 Å². The summed E-state index contributed by atoms with van der Waals surface area (Å²) in [6.45, 7) is 0. The van der Waals surface area contributed by atoms with Gasteiger partial charge in [-0.2, -0.15) is 0 Å². The molecule has 1 aromatic carbocycles. The van der Waals surface area contributed by atoms with Crippen LogP contribution >= 0.6 is 15.9 Å². The normalized spacial score (nSPS) is 13.1. The average Bonchev–Trinajstić information content (AvgIpc) is 2.06. The van der Waals surface area contributed by atoms with Gasteiger partial charge in [0.25, 0.3) is 0 Å². The molecule has 1 aromatic rings. The van der Waals surface area contributed by atoms with Crippen molar-refractivity contribution in [2.45, 2.75) is 12.8 Å². The molecule has 0 fully saturated rings. The van der Waals surface area contributed by atoms with Gasteiger partial charge in [-0.15, -0.1) is 0 Å². The molecule has 0 aliphatic heterocycles. The Hall–Kier alpha value is -0.830. The van der Waals surface area contributed by atoms with Gasteiger partial charge in [-0.25, -0.2) is 4.79 Å². The maximum atomic E-state index is 11.3. The highest BCUT2D eigenvalue weighted by molar-refractivity contribution is 9.10. The lowest BCUT2D eigenvalue weighted by molar-refractivity contribution is 0.0598. The molecule has 0 unspecified atom stereocenters. The molecule has 0 saturated heterocycles. The molecule has 1 aliphatic rings. The first kappa shape index (κ1) is 8.75. The van der Waals surface area contributed by atoms with E-state index >= 15 is 0 Å². The van der Waals surface area contributed by atoms with Crippen LogP contribution in [-0.2, 0) is 17.6 Å². The molecule has 2 nitrogen and oxygen atoms in total. The van der Waals surface area contributed by atoms with E-state index in [2.05, 4.69) is 15.9 Å². The average molecular weight is 241 g/mol. The molecule has 0 N–H and O–H groups in total. The van der Waals surface area contributed by atoms with Crippen LogP contribution in [0.15, 0.2) is 16.6 Å². The summed E-state index contributed by atoms with van der Waals surface area (Å²) >= 11 is 3.45. The predicted octanol–water partition coefficient (Wildman–Crippen LogP) is 2.33. The molecule has 0 amide bonds. The first-order chi connectivity index (χ1) is 6.24. The molecule has 3 heteroatoms. The van der Waals surface area contributed by atoms with Gasteiger partial charge in [0.2, 0.25) is 0 Å². The molecule has 0 heterocycles. The van der Waals surface area contributed by atoms with Crippen molar-refractivity contribution >= 4 is 21.9 Å². The second-order valence-electron chi connectivity index (χ2n) is 3.04. The van der Waals surface area contributed by atoms with E-state index in [1.165, 1.54) is 12.7 Å². The Morgan fingerprint density at radius 3 is 2.62 bits per heavy atom. The number of fused-ring (bicyclic) bond motifs is 1. The Labute approximate surface area is 85.0 Å². The van der Waals surface area contributed by atoms with E-state index in [9.17, 15) is 4.79 Å². The largest absolute Gasteiger partial charge is 0.465 e. The Kier molecular flexibility index (Phi) is 2.12. The zero-order valence-corrected chi connectivity index (χ0v) is 8.85. The first-order valence-electron chi connectivity index (χ1n) is 4.12. The molecule has 0 radical (unpaired) electrons. The van der Waals surface area contributed by atoms with Crippen molar-refractivity contribution in [1.29, 1.82) is 0 Å². The molecule has 68 valence electrons. The molecular weight excluding hydrogens is 232 g/mol. The minimum atomic E-state index is -0.233. The molecule has 0 saturated carbocycles. The number of ether oxygens (including phenoxy) is 1. The third-order valence-corrected chi connectivity index (χ3v) is 3.15. The summed E-state index contributed by atoms with van der Waals surface area (Å²) in [6, 6.07) is 3.72. The fourth-order valence-corrected chi connectivity index (χ4v) is 2.16. The van der Waals surface area contributed by atoms with Gasteiger partial charge in [0.1, 0.15) is 0 Å². The maximum absolute atomic E-state index is 11.3. The Balaban J connectivity index is 2.50. The van der Waals surface area contributed by atoms with E-state index in [1.807, 2.05) is 12.1 Å². The van der Waals surface area contributed by atoms with Gasteiger partial charge in [-0.1, -0.05) is 15.9 Å². The number of benzene rings is 1. The number of methoxy groups -OCH3 is 1. The van der Waals surface area contributed by atoms with Crippen LogP contribution in [0.2, 0.25) is 0 Å². The number of carbonyl (C=O) groups excluding carboxylic acids is 1. The van der Waals surface area contributed by atoms with Gasteiger partial charge >= 0.3 is 5.97 Å². The highest BCUT2D eigenvalue weighted by Crippen LogP contribution is 2.33. The van der Waals surface area contributed by atoms with Crippen molar-refractivity contribution in [1.82, 2.24) is 0 Å². The van der Waals surface area contributed by atoms with Gasteiger partial charge in [-0.3, -0.25) is 0 Å². The highest BCUT2D eigenvalue weighted by atomic mass is 79.9. The van der Waals surface area contributed by atoms with Crippen LogP contribution in [0, 0.1) is 0 Å². The van der Waals surface area contributed by atoms with Crippen LogP contribution in [-0.4, -0.2) is 13.1 Å². The SMILES string of the molecule is COC(=O)c1ccc(Br)c2c1CC2. The monoisotopic (exact) mass is 240 g/mol. The van der Waals surface area contributed by atoms with Gasteiger partial charge in [0.15, 0.2) is 0 Å².